The molecule has 1 aromatic rings. The monoisotopic (exact) mass is 261 g/mol. The van der Waals surface area contributed by atoms with E-state index in [1.807, 2.05) is 30.3 Å². The minimum Gasteiger partial charge on any atom is -0.422 e. The summed E-state index contributed by atoms with van der Waals surface area (Å²) in [7, 11) is -4.60. The van der Waals surface area contributed by atoms with Crippen LogP contribution in [0.15, 0.2) is 30.3 Å². The van der Waals surface area contributed by atoms with Gasteiger partial charge < -0.3 is 19.8 Å². The summed E-state index contributed by atoms with van der Waals surface area (Å²) in [5, 5.41) is 2.39. The fourth-order valence-corrected chi connectivity index (χ4v) is 1.16. The van der Waals surface area contributed by atoms with Crippen LogP contribution in [-0.4, -0.2) is 22.7 Å². The van der Waals surface area contributed by atoms with Gasteiger partial charge in [0.05, 0.1) is 0 Å². The Bertz CT molecular complexity index is 403. The lowest BCUT2D eigenvalue weighted by atomic mass is 10.2. The van der Waals surface area contributed by atoms with Crippen LogP contribution in [0, 0.1) is 0 Å². The summed E-state index contributed by atoms with van der Waals surface area (Å²) in [6.07, 6.45) is -0.817. The number of phosphoric acid groups is 1. The molecule has 0 aromatic heterocycles. The molecule has 1 amide bonds. The number of ether oxygens (including phenoxy) is 1. The Morgan fingerprint density at radius 1 is 1.29 bits per heavy atom. The molecule has 3 N–H and O–H groups in total. The highest BCUT2D eigenvalue weighted by Gasteiger charge is 2.14. The summed E-state index contributed by atoms with van der Waals surface area (Å²) in [5.74, 6) is 0. The van der Waals surface area contributed by atoms with E-state index in [0.29, 0.717) is 0 Å². The Morgan fingerprint density at radius 2 is 1.94 bits per heavy atom. The van der Waals surface area contributed by atoms with Crippen molar-refractivity contribution in [1.82, 2.24) is 5.32 Å². The lowest BCUT2D eigenvalue weighted by molar-refractivity contribution is 0.0396. The predicted octanol–water partition coefficient (Wildman–Crippen LogP) is 0.980. The van der Waals surface area contributed by atoms with Crippen molar-refractivity contribution in [2.45, 2.75) is 6.54 Å². The molecule has 7 nitrogen and oxygen atoms in total. The first-order chi connectivity index (χ1) is 7.97. The zero-order valence-electron chi connectivity index (χ0n) is 8.78. The van der Waals surface area contributed by atoms with E-state index in [1.54, 1.807) is 0 Å². The van der Waals surface area contributed by atoms with Gasteiger partial charge in [-0.05, 0) is 5.56 Å². The van der Waals surface area contributed by atoms with Gasteiger partial charge in [-0.15, -0.1) is 0 Å². The number of alkyl carbamates (subject to hydrolysis) is 1. The molecule has 0 atom stereocenters. The third kappa shape index (κ3) is 6.70. The molecule has 1 rings (SSSR count). The highest BCUT2D eigenvalue weighted by atomic mass is 31.2. The second-order valence-corrected chi connectivity index (χ2v) is 4.25. The summed E-state index contributed by atoms with van der Waals surface area (Å²) in [5.41, 5.74) is 0.875. The van der Waals surface area contributed by atoms with Crippen LogP contribution >= 0.6 is 7.82 Å². The Morgan fingerprint density at radius 3 is 2.53 bits per heavy atom. The molecular formula is C9H12NO6P. The van der Waals surface area contributed by atoms with Gasteiger partial charge in [-0.2, -0.15) is 0 Å². The first-order valence-electron chi connectivity index (χ1n) is 4.62. The number of amides is 1. The van der Waals surface area contributed by atoms with Crippen LogP contribution in [0.1, 0.15) is 5.56 Å². The maximum atomic E-state index is 11.0. The molecule has 0 radical (unpaired) electrons. The van der Waals surface area contributed by atoms with Gasteiger partial charge in [0.15, 0.2) is 0 Å². The Kier molecular flexibility index (Phi) is 5.11. The Balaban J connectivity index is 2.20. The standard InChI is InChI=1S/C9H12NO6P/c11-9(15-7-16-17(12,13)14)10-6-8-4-2-1-3-5-8/h1-5H,6-7H2,(H,10,11)(H2,12,13,14). The van der Waals surface area contributed by atoms with E-state index in [9.17, 15) is 9.36 Å². The van der Waals surface area contributed by atoms with Crippen molar-refractivity contribution in [2.75, 3.05) is 6.79 Å². The largest absolute Gasteiger partial charge is 0.472 e. The average Bonchev–Trinajstić information content (AvgIpc) is 2.26. The molecule has 0 saturated carbocycles. The number of hydrogen-bond acceptors (Lipinski definition) is 4. The number of nitrogens with one attached hydrogen (secondary N) is 1. The summed E-state index contributed by atoms with van der Waals surface area (Å²) in [4.78, 5) is 27.7. The topological polar surface area (TPSA) is 105 Å². The lowest BCUT2D eigenvalue weighted by Gasteiger charge is -2.07. The normalized spacial score (nSPS) is 10.9. The van der Waals surface area contributed by atoms with Gasteiger partial charge in [-0.3, -0.25) is 0 Å². The Labute approximate surface area is 97.6 Å². The summed E-state index contributed by atoms with van der Waals surface area (Å²) < 4.78 is 18.6. The van der Waals surface area contributed by atoms with E-state index in [0.717, 1.165) is 5.56 Å². The predicted molar refractivity (Wildman–Crippen MR) is 57.8 cm³/mol. The van der Waals surface area contributed by atoms with E-state index >= 15 is 0 Å². The van der Waals surface area contributed by atoms with Gasteiger partial charge in [0.2, 0.25) is 6.79 Å². The number of carbonyl (C=O) groups excluding carboxylic acids is 1. The smallest absolute Gasteiger partial charge is 0.422 e. The number of rotatable bonds is 5. The van der Waals surface area contributed by atoms with E-state index in [2.05, 4.69) is 14.6 Å². The molecule has 0 aliphatic heterocycles. The van der Waals surface area contributed by atoms with Crippen LogP contribution in [0.5, 0.6) is 0 Å². The van der Waals surface area contributed by atoms with E-state index < -0.39 is 20.7 Å². The first-order valence-corrected chi connectivity index (χ1v) is 6.15. The fraction of sp³-hybridized carbons (Fsp3) is 0.222. The summed E-state index contributed by atoms with van der Waals surface area (Å²) >= 11 is 0. The zero-order chi connectivity index (χ0) is 12.7. The molecule has 0 unspecified atom stereocenters. The van der Waals surface area contributed by atoms with Gasteiger partial charge in [0.25, 0.3) is 0 Å². The molecule has 0 fully saturated rings. The molecule has 0 heterocycles. The van der Waals surface area contributed by atoms with Gasteiger partial charge in [0, 0.05) is 6.54 Å². The van der Waals surface area contributed by atoms with Gasteiger partial charge in [-0.25, -0.2) is 13.9 Å². The molecule has 0 saturated heterocycles. The third-order valence-corrected chi connectivity index (χ3v) is 2.13. The molecule has 0 spiro atoms. The van der Waals surface area contributed by atoms with Crippen molar-refractivity contribution in [3.05, 3.63) is 35.9 Å². The fourth-order valence-electron chi connectivity index (χ4n) is 0.970. The second-order valence-electron chi connectivity index (χ2n) is 3.01. The third-order valence-electron chi connectivity index (χ3n) is 1.69. The Hall–Kier alpha value is -1.40. The number of hydrogen-bond donors (Lipinski definition) is 3. The van der Waals surface area contributed by atoms with Crippen molar-refractivity contribution >= 4 is 13.9 Å². The van der Waals surface area contributed by atoms with Crippen molar-refractivity contribution in [2.24, 2.45) is 0 Å². The maximum Gasteiger partial charge on any atom is 0.472 e. The number of phosphoric ester groups is 1. The van der Waals surface area contributed by atoms with Crippen LogP contribution in [0.3, 0.4) is 0 Å². The highest BCUT2D eigenvalue weighted by molar-refractivity contribution is 7.46. The van der Waals surface area contributed by atoms with Crippen LogP contribution in [0.2, 0.25) is 0 Å². The van der Waals surface area contributed by atoms with Gasteiger partial charge in [-0.1, -0.05) is 30.3 Å². The molecule has 8 heteroatoms. The molecule has 17 heavy (non-hydrogen) atoms. The van der Waals surface area contributed by atoms with Crippen molar-refractivity contribution in [1.29, 1.82) is 0 Å². The van der Waals surface area contributed by atoms with Crippen molar-refractivity contribution in [3.63, 3.8) is 0 Å². The van der Waals surface area contributed by atoms with E-state index in [-0.39, 0.29) is 6.54 Å². The van der Waals surface area contributed by atoms with Gasteiger partial charge >= 0.3 is 13.9 Å². The van der Waals surface area contributed by atoms with Crippen molar-refractivity contribution < 1.29 is 28.4 Å². The molecule has 0 aliphatic carbocycles. The number of carbonyl (C=O) groups is 1. The molecule has 0 bridgehead atoms. The minimum atomic E-state index is -4.60. The highest BCUT2D eigenvalue weighted by Crippen LogP contribution is 2.35. The molecular weight excluding hydrogens is 249 g/mol. The minimum absolute atomic E-state index is 0.260. The maximum absolute atomic E-state index is 11.0. The number of benzene rings is 1. The lowest BCUT2D eigenvalue weighted by Crippen LogP contribution is -2.24. The van der Waals surface area contributed by atoms with E-state index in [4.69, 9.17) is 9.79 Å². The van der Waals surface area contributed by atoms with Gasteiger partial charge in [0.1, 0.15) is 0 Å². The summed E-state index contributed by atoms with van der Waals surface area (Å²) in [6.45, 7) is -0.541. The van der Waals surface area contributed by atoms with Crippen molar-refractivity contribution in [3.8, 4) is 0 Å². The second kappa shape index (κ2) is 6.36. The first kappa shape index (κ1) is 13.7. The summed E-state index contributed by atoms with van der Waals surface area (Å²) in [6, 6.07) is 9.10. The zero-order valence-corrected chi connectivity index (χ0v) is 9.67. The quantitative estimate of drug-likeness (QED) is 0.539. The van der Waals surface area contributed by atoms with E-state index in [1.165, 1.54) is 0 Å². The molecule has 0 aliphatic rings. The van der Waals surface area contributed by atoms with Crippen LogP contribution in [0.25, 0.3) is 0 Å². The van der Waals surface area contributed by atoms with Crippen LogP contribution in [-0.2, 0) is 20.4 Å². The average molecular weight is 261 g/mol. The van der Waals surface area contributed by atoms with Crippen LogP contribution < -0.4 is 5.32 Å². The van der Waals surface area contributed by atoms with Crippen LogP contribution in [0.4, 0.5) is 4.79 Å². The molecule has 1 aromatic carbocycles. The SMILES string of the molecule is O=C(NCc1ccccc1)OCOP(=O)(O)O. The molecule has 94 valence electrons.